The highest BCUT2D eigenvalue weighted by molar-refractivity contribution is 5.93. The van der Waals surface area contributed by atoms with Gasteiger partial charge in [-0.15, -0.1) is 0 Å². The Morgan fingerprint density at radius 1 is 0.875 bits per heavy atom. The largest absolute Gasteiger partial charge is 0.339 e. The molecule has 1 aromatic carbocycles. The van der Waals surface area contributed by atoms with Crippen molar-refractivity contribution in [2.75, 3.05) is 24.5 Å². The van der Waals surface area contributed by atoms with E-state index in [1.165, 1.54) is 19.3 Å². The van der Waals surface area contributed by atoms with Gasteiger partial charge < -0.3 is 13.9 Å². The van der Waals surface area contributed by atoms with Crippen LogP contribution in [0.15, 0.2) is 33.3 Å². The van der Waals surface area contributed by atoms with Crippen LogP contribution < -0.4 is 4.90 Å². The van der Waals surface area contributed by atoms with Gasteiger partial charge in [0.05, 0.1) is 0 Å². The molecule has 0 atom stereocenters. The number of hydrogen-bond acceptors (Lipinski definition) is 7. The minimum atomic E-state index is 0.0146. The smallest absolute Gasteiger partial charge is 0.324 e. The molecule has 0 radical (unpaired) electrons. The molecule has 0 spiro atoms. The number of amides is 2. The highest BCUT2D eigenvalue weighted by Gasteiger charge is 2.53. The highest BCUT2D eigenvalue weighted by atomic mass is 16.5. The molecule has 9 heteroatoms. The van der Waals surface area contributed by atoms with E-state index in [0.29, 0.717) is 17.7 Å². The maximum atomic E-state index is 14.1. The van der Waals surface area contributed by atoms with Crippen LogP contribution in [0.25, 0.3) is 11.5 Å². The number of nitrogens with zero attached hydrogens (tertiary/aromatic N) is 6. The summed E-state index contributed by atoms with van der Waals surface area (Å²) in [4.78, 5) is 27.8. The van der Waals surface area contributed by atoms with Crippen LogP contribution in [-0.2, 0) is 5.41 Å². The van der Waals surface area contributed by atoms with Gasteiger partial charge in [0.25, 0.3) is 5.89 Å². The van der Waals surface area contributed by atoms with Gasteiger partial charge in [-0.2, -0.15) is 9.97 Å². The van der Waals surface area contributed by atoms with Gasteiger partial charge in [-0.25, -0.2) is 4.79 Å². The van der Waals surface area contributed by atoms with Gasteiger partial charge >= 0.3 is 6.03 Å². The molecule has 0 unspecified atom stereocenters. The van der Waals surface area contributed by atoms with Crippen LogP contribution >= 0.6 is 0 Å². The van der Waals surface area contributed by atoms with Crippen LogP contribution in [0.3, 0.4) is 0 Å². The zero-order valence-electron chi connectivity index (χ0n) is 23.2. The summed E-state index contributed by atoms with van der Waals surface area (Å²) in [7, 11) is 0. The summed E-state index contributed by atoms with van der Waals surface area (Å²) < 4.78 is 11.5. The van der Waals surface area contributed by atoms with E-state index in [-0.39, 0.29) is 16.9 Å². The Balaban J connectivity index is 1.06. The Morgan fingerprint density at radius 3 is 2.25 bits per heavy atom. The number of urea groups is 1. The van der Waals surface area contributed by atoms with Crippen molar-refractivity contribution in [3.8, 4) is 11.5 Å². The Bertz CT molecular complexity index is 1370. The topological polar surface area (TPSA) is 101 Å². The van der Waals surface area contributed by atoms with Gasteiger partial charge in [-0.3, -0.25) is 4.90 Å². The molecule has 3 aromatic rings. The summed E-state index contributed by atoms with van der Waals surface area (Å²) in [6.45, 7) is 2.40. The zero-order chi connectivity index (χ0) is 26.7. The van der Waals surface area contributed by atoms with E-state index >= 15 is 0 Å². The normalized spacial score (nSPS) is 28.1. The van der Waals surface area contributed by atoms with Crippen molar-refractivity contribution >= 4 is 11.7 Å². The lowest BCUT2D eigenvalue weighted by Gasteiger charge is -2.53. The average Bonchev–Trinajstić information content (AvgIpc) is 3.95. The molecule has 3 heterocycles. The zero-order valence-corrected chi connectivity index (χ0v) is 23.2. The molecule has 9 nitrogen and oxygen atoms in total. The van der Waals surface area contributed by atoms with Crippen LogP contribution in [0.1, 0.15) is 113 Å². The lowest BCUT2D eigenvalue weighted by Crippen LogP contribution is -2.53. The van der Waals surface area contributed by atoms with Gasteiger partial charge in [0.15, 0.2) is 11.6 Å². The third kappa shape index (κ3) is 4.41. The Hall–Kier alpha value is -3.23. The lowest BCUT2D eigenvalue weighted by atomic mass is 9.53. The first kappa shape index (κ1) is 24.6. The van der Waals surface area contributed by atoms with Crippen molar-refractivity contribution in [2.45, 2.75) is 101 Å². The number of aromatic nitrogens is 4. The van der Waals surface area contributed by atoms with E-state index < -0.39 is 0 Å². The van der Waals surface area contributed by atoms with Gasteiger partial charge in [0, 0.05) is 48.1 Å². The minimum absolute atomic E-state index is 0.0146. The summed E-state index contributed by atoms with van der Waals surface area (Å²) in [6, 6.07) is 8.28. The van der Waals surface area contributed by atoms with Crippen LogP contribution in [0.2, 0.25) is 0 Å². The van der Waals surface area contributed by atoms with Crippen molar-refractivity contribution in [3.05, 3.63) is 41.8 Å². The number of fused-ring (bicyclic) bond motifs is 3. The van der Waals surface area contributed by atoms with Gasteiger partial charge in [-0.1, -0.05) is 16.4 Å². The number of rotatable bonds is 7. The second-order valence-corrected chi connectivity index (χ2v) is 13.2. The Morgan fingerprint density at radius 2 is 1.55 bits per heavy atom. The maximum absolute atomic E-state index is 14.1. The average molecular weight is 543 g/mol. The van der Waals surface area contributed by atoms with Crippen LogP contribution in [0, 0.1) is 5.41 Å². The van der Waals surface area contributed by atoms with Gasteiger partial charge in [0.2, 0.25) is 5.89 Å². The fraction of sp³-hybridized carbons (Fsp3) is 0.645. The van der Waals surface area contributed by atoms with E-state index in [9.17, 15) is 4.79 Å². The van der Waals surface area contributed by atoms with Gasteiger partial charge in [0.1, 0.15) is 0 Å². The number of carbonyl (C=O) groups is 1. The molecule has 2 aromatic heterocycles. The van der Waals surface area contributed by atoms with Gasteiger partial charge in [-0.05, 0) is 107 Å². The molecule has 6 aliphatic rings. The van der Waals surface area contributed by atoms with Crippen molar-refractivity contribution < 1.29 is 13.8 Å². The first-order valence-electron chi connectivity index (χ1n) is 15.4. The molecule has 6 fully saturated rings. The summed E-state index contributed by atoms with van der Waals surface area (Å²) in [5.41, 5.74) is 1.91. The van der Waals surface area contributed by atoms with Crippen LogP contribution in [0.5, 0.6) is 0 Å². The number of likely N-dealkylation sites (tertiary alicyclic amines) is 1. The van der Waals surface area contributed by atoms with Crippen LogP contribution in [0.4, 0.5) is 10.5 Å². The molecule has 5 aliphatic carbocycles. The fourth-order valence-corrected chi connectivity index (χ4v) is 7.31. The third-order valence-corrected chi connectivity index (χ3v) is 10.4. The molecule has 5 saturated carbocycles. The molecule has 1 saturated heterocycles. The SMILES string of the molecule is O=C(N1CCCCC1)N(CC12CCC(c3nc(C4CC4)no3)(CC1)CC2)c1cccc(-c2nc(C3CC3)no2)c1. The number of anilines is 1. The van der Waals surface area contributed by atoms with E-state index in [1.54, 1.807) is 0 Å². The van der Waals surface area contributed by atoms with E-state index in [1.807, 2.05) is 12.1 Å². The molecule has 40 heavy (non-hydrogen) atoms. The molecular weight excluding hydrogens is 504 g/mol. The highest BCUT2D eigenvalue weighted by Crippen LogP contribution is 2.58. The second kappa shape index (κ2) is 9.42. The van der Waals surface area contributed by atoms with Crippen LogP contribution in [-0.4, -0.2) is 50.8 Å². The van der Waals surface area contributed by atoms with Crippen molar-refractivity contribution in [3.63, 3.8) is 0 Å². The van der Waals surface area contributed by atoms with E-state index in [0.717, 1.165) is 113 Å². The van der Waals surface area contributed by atoms with E-state index in [4.69, 9.17) is 14.0 Å². The summed E-state index contributed by atoms with van der Waals surface area (Å²) >= 11 is 0. The molecule has 0 N–H and O–H groups in total. The molecule has 1 aliphatic heterocycles. The maximum Gasteiger partial charge on any atom is 0.324 e. The monoisotopic (exact) mass is 542 g/mol. The number of carbonyl (C=O) groups excluding carboxylic acids is 1. The number of piperidine rings is 1. The molecule has 9 rings (SSSR count). The molecule has 2 bridgehead atoms. The summed E-state index contributed by atoms with van der Waals surface area (Å²) in [5.74, 6) is 4.07. The van der Waals surface area contributed by atoms with Crippen molar-refractivity contribution in [2.24, 2.45) is 5.41 Å². The quantitative estimate of drug-likeness (QED) is 0.332. The third-order valence-electron chi connectivity index (χ3n) is 10.4. The number of benzene rings is 1. The minimum Gasteiger partial charge on any atom is -0.339 e. The Kier molecular flexibility index (Phi) is 5.78. The van der Waals surface area contributed by atoms with E-state index in [2.05, 4.69) is 37.2 Å². The lowest BCUT2D eigenvalue weighted by molar-refractivity contribution is 0.0281. The molecular formula is C31H38N6O3. The summed E-state index contributed by atoms with van der Waals surface area (Å²) in [6.07, 6.45) is 14.4. The predicted molar refractivity (Wildman–Crippen MR) is 148 cm³/mol. The first-order chi connectivity index (χ1) is 19.6. The summed E-state index contributed by atoms with van der Waals surface area (Å²) in [5, 5.41) is 8.54. The first-order valence-corrected chi connectivity index (χ1v) is 15.4. The molecule has 210 valence electrons. The Labute approximate surface area is 234 Å². The second-order valence-electron chi connectivity index (χ2n) is 13.2. The number of hydrogen-bond donors (Lipinski definition) is 0. The predicted octanol–water partition coefficient (Wildman–Crippen LogP) is 6.58. The fourth-order valence-electron chi connectivity index (χ4n) is 7.31. The van der Waals surface area contributed by atoms with Crippen molar-refractivity contribution in [1.82, 2.24) is 25.2 Å². The standard InChI is InChI=1S/C31H38N6O3/c38-29(36-17-2-1-3-18-36)37(24-6-4-5-23(19-24)27-32-25(34-39-27)21-7-8-21)20-30-11-14-31(15-12-30,16-13-30)28-33-26(35-40-28)22-9-10-22/h4-6,19,21-22H,1-3,7-18,20H2. The molecule has 2 amide bonds. The van der Waals surface area contributed by atoms with Crippen molar-refractivity contribution in [1.29, 1.82) is 0 Å².